The number of rotatable bonds is 4. The molecule has 1 aromatic carbocycles. The van der Waals surface area contributed by atoms with Gasteiger partial charge in [0, 0.05) is 44.8 Å². The van der Waals surface area contributed by atoms with Crippen molar-refractivity contribution in [3.05, 3.63) is 35.6 Å². The van der Waals surface area contributed by atoms with E-state index in [0.717, 1.165) is 13.1 Å². The molecule has 1 saturated heterocycles. The quantitative estimate of drug-likeness (QED) is 0.899. The van der Waals surface area contributed by atoms with Crippen LogP contribution in [0.25, 0.3) is 0 Å². The SMILES string of the molecule is COC(=O)N1CCN(CCNC(=O)c2ccc(F)cc2)CC1. The molecule has 0 unspecified atom stereocenters. The van der Waals surface area contributed by atoms with E-state index >= 15 is 0 Å². The van der Waals surface area contributed by atoms with Crippen LogP contribution in [0.4, 0.5) is 9.18 Å². The Kier molecular flexibility index (Phi) is 5.71. The largest absolute Gasteiger partial charge is 0.453 e. The van der Waals surface area contributed by atoms with Gasteiger partial charge in [0.1, 0.15) is 5.82 Å². The Morgan fingerprint density at radius 1 is 1.18 bits per heavy atom. The van der Waals surface area contributed by atoms with E-state index in [1.165, 1.54) is 31.4 Å². The van der Waals surface area contributed by atoms with Crippen LogP contribution in [0.3, 0.4) is 0 Å². The molecule has 1 N–H and O–H groups in total. The minimum Gasteiger partial charge on any atom is -0.453 e. The van der Waals surface area contributed by atoms with E-state index in [0.29, 0.717) is 31.7 Å². The Labute approximate surface area is 128 Å². The number of hydrogen-bond acceptors (Lipinski definition) is 4. The highest BCUT2D eigenvalue weighted by atomic mass is 19.1. The van der Waals surface area contributed by atoms with Gasteiger partial charge in [-0.3, -0.25) is 9.69 Å². The summed E-state index contributed by atoms with van der Waals surface area (Å²) in [5, 5.41) is 2.80. The van der Waals surface area contributed by atoms with Gasteiger partial charge in [-0.15, -0.1) is 0 Å². The number of ether oxygens (including phenoxy) is 1. The number of hydrogen-bond donors (Lipinski definition) is 1. The summed E-state index contributed by atoms with van der Waals surface area (Å²) in [7, 11) is 1.37. The molecule has 22 heavy (non-hydrogen) atoms. The number of nitrogens with one attached hydrogen (secondary N) is 1. The van der Waals surface area contributed by atoms with Crippen LogP contribution in [0.5, 0.6) is 0 Å². The fourth-order valence-electron chi connectivity index (χ4n) is 2.31. The predicted molar refractivity (Wildman–Crippen MR) is 79.2 cm³/mol. The summed E-state index contributed by atoms with van der Waals surface area (Å²) in [6.07, 6.45) is -0.302. The average molecular weight is 309 g/mol. The van der Waals surface area contributed by atoms with E-state index in [4.69, 9.17) is 0 Å². The molecular formula is C15H20FN3O3. The minimum absolute atomic E-state index is 0.215. The van der Waals surface area contributed by atoms with Crippen LogP contribution in [-0.4, -0.2) is 68.2 Å². The fraction of sp³-hybridized carbons (Fsp3) is 0.467. The molecular weight excluding hydrogens is 289 g/mol. The molecule has 2 rings (SSSR count). The Hall–Kier alpha value is -2.15. The summed E-state index contributed by atoms with van der Waals surface area (Å²) in [5.74, 6) is -0.576. The van der Waals surface area contributed by atoms with E-state index in [1.54, 1.807) is 4.90 Å². The zero-order chi connectivity index (χ0) is 15.9. The van der Waals surface area contributed by atoms with E-state index in [1.807, 2.05) is 0 Å². The molecule has 0 saturated carbocycles. The first kappa shape index (κ1) is 16.2. The number of halogens is 1. The first-order valence-corrected chi connectivity index (χ1v) is 7.19. The van der Waals surface area contributed by atoms with Crippen LogP contribution in [-0.2, 0) is 4.74 Å². The lowest BCUT2D eigenvalue weighted by molar-refractivity contribution is 0.0885. The van der Waals surface area contributed by atoms with Crippen LogP contribution in [0.1, 0.15) is 10.4 Å². The van der Waals surface area contributed by atoms with Crippen LogP contribution < -0.4 is 5.32 Å². The summed E-state index contributed by atoms with van der Waals surface area (Å²) in [4.78, 5) is 27.0. The monoisotopic (exact) mass is 309 g/mol. The molecule has 1 aliphatic rings. The number of amides is 2. The molecule has 0 aliphatic carbocycles. The average Bonchev–Trinajstić information content (AvgIpc) is 2.55. The number of piperazine rings is 1. The molecule has 0 bridgehead atoms. The number of methoxy groups -OCH3 is 1. The van der Waals surface area contributed by atoms with E-state index in [-0.39, 0.29) is 17.8 Å². The van der Waals surface area contributed by atoms with Crippen LogP contribution in [0.2, 0.25) is 0 Å². The van der Waals surface area contributed by atoms with Crippen molar-refractivity contribution < 1.29 is 18.7 Å². The maximum absolute atomic E-state index is 12.8. The standard InChI is InChI=1S/C15H20FN3O3/c1-22-15(21)19-10-8-18(9-11-19)7-6-17-14(20)12-2-4-13(16)5-3-12/h2-5H,6-11H2,1H3,(H,17,20). The first-order valence-electron chi connectivity index (χ1n) is 7.19. The molecule has 0 aromatic heterocycles. The molecule has 1 aromatic rings. The Morgan fingerprint density at radius 2 is 1.82 bits per heavy atom. The Bertz CT molecular complexity index is 513. The van der Waals surface area contributed by atoms with Gasteiger partial charge in [-0.2, -0.15) is 0 Å². The Balaban J connectivity index is 1.68. The van der Waals surface area contributed by atoms with Gasteiger partial charge in [-0.1, -0.05) is 0 Å². The second kappa shape index (κ2) is 7.74. The second-order valence-corrected chi connectivity index (χ2v) is 5.06. The molecule has 0 spiro atoms. The molecule has 0 atom stereocenters. The summed E-state index contributed by atoms with van der Waals surface area (Å²) >= 11 is 0. The number of nitrogens with zero attached hydrogens (tertiary/aromatic N) is 2. The smallest absolute Gasteiger partial charge is 0.409 e. The van der Waals surface area contributed by atoms with Crippen molar-refractivity contribution in [3.63, 3.8) is 0 Å². The van der Waals surface area contributed by atoms with Crippen molar-refractivity contribution in [1.29, 1.82) is 0 Å². The van der Waals surface area contributed by atoms with E-state index in [2.05, 4.69) is 15.0 Å². The van der Waals surface area contributed by atoms with Crippen molar-refractivity contribution in [2.24, 2.45) is 0 Å². The van der Waals surface area contributed by atoms with Crippen molar-refractivity contribution in [1.82, 2.24) is 15.1 Å². The van der Waals surface area contributed by atoms with Gasteiger partial charge in [-0.25, -0.2) is 9.18 Å². The summed E-state index contributed by atoms with van der Waals surface area (Å²) in [6, 6.07) is 5.45. The molecule has 120 valence electrons. The zero-order valence-corrected chi connectivity index (χ0v) is 12.5. The third-order valence-corrected chi connectivity index (χ3v) is 3.63. The topological polar surface area (TPSA) is 61.9 Å². The molecule has 1 aliphatic heterocycles. The van der Waals surface area contributed by atoms with Crippen LogP contribution in [0, 0.1) is 5.82 Å². The third kappa shape index (κ3) is 4.42. The fourth-order valence-corrected chi connectivity index (χ4v) is 2.31. The Morgan fingerprint density at radius 3 is 2.41 bits per heavy atom. The zero-order valence-electron chi connectivity index (χ0n) is 12.5. The summed E-state index contributed by atoms with van der Waals surface area (Å²) in [6.45, 7) is 3.97. The van der Waals surface area contributed by atoms with Gasteiger partial charge in [0.05, 0.1) is 7.11 Å². The highest BCUT2D eigenvalue weighted by Crippen LogP contribution is 2.04. The predicted octanol–water partition coefficient (Wildman–Crippen LogP) is 0.940. The molecule has 0 radical (unpaired) electrons. The lowest BCUT2D eigenvalue weighted by Crippen LogP contribution is -2.50. The van der Waals surface area contributed by atoms with E-state index < -0.39 is 0 Å². The lowest BCUT2D eigenvalue weighted by Gasteiger charge is -2.33. The van der Waals surface area contributed by atoms with Crippen molar-refractivity contribution >= 4 is 12.0 Å². The van der Waals surface area contributed by atoms with Crippen LogP contribution >= 0.6 is 0 Å². The molecule has 6 nitrogen and oxygen atoms in total. The van der Waals surface area contributed by atoms with Gasteiger partial charge < -0.3 is 15.0 Å². The van der Waals surface area contributed by atoms with E-state index in [9.17, 15) is 14.0 Å². The third-order valence-electron chi connectivity index (χ3n) is 3.63. The van der Waals surface area contributed by atoms with Gasteiger partial charge >= 0.3 is 6.09 Å². The summed E-state index contributed by atoms with van der Waals surface area (Å²) in [5.41, 5.74) is 0.442. The van der Waals surface area contributed by atoms with Crippen molar-refractivity contribution in [2.75, 3.05) is 46.4 Å². The molecule has 2 amide bonds. The van der Waals surface area contributed by atoms with Gasteiger partial charge in [0.25, 0.3) is 5.91 Å². The van der Waals surface area contributed by atoms with Crippen molar-refractivity contribution in [2.45, 2.75) is 0 Å². The summed E-state index contributed by atoms with van der Waals surface area (Å²) < 4.78 is 17.5. The van der Waals surface area contributed by atoms with Gasteiger partial charge in [0.2, 0.25) is 0 Å². The lowest BCUT2D eigenvalue weighted by atomic mass is 10.2. The first-order chi connectivity index (χ1) is 10.6. The van der Waals surface area contributed by atoms with Gasteiger partial charge in [0.15, 0.2) is 0 Å². The highest BCUT2D eigenvalue weighted by molar-refractivity contribution is 5.94. The highest BCUT2D eigenvalue weighted by Gasteiger charge is 2.21. The molecule has 1 heterocycles. The number of carbonyl (C=O) groups is 2. The minimum atomic E-state index is -0.361. The molecule has 1 fully saturated rings. The van der Waals surface area contributed by atoms with Crippen molar-refractivity contribution in [3.8, 4) is 0 Å². The number of carbonyl (C=O) groups excluding carboxylic acids is 2. The number of benzene rings is 1. The molecule has 7 heteroatoms. The van der Waals surface area contributed by atoms with Gasteiger partial charge in [-0.05, 0) is 24.3 Å². The van der Waals surface area contributed by atoms with Crippen LogP contribution in [0.15, 0.2) is 24.3 Å². The maximum Gasteiger partial charge on any atom is 0.409 e. The second-order valence-electron chi connectivity index (χ2n) is 5.06. The normalized spacial score (nSPS) is 15.5. The maximum atomic E-state index is 12.8.